The predicted molar refractivity (Wildman–Crippen MR) is 177 cm³/mol. The summed E-state index contributed by atoms with van der Waals surface area (Å²) in [6.45, 7) is 9.32. The van der Waals surface area contributed by atoms with Crippen molar-refractivity contribution < 1.29 is 32.2 Å². The van der Waals surface area contributed by atoms with Crippen LogP contribution in [0.1, 0.15) is 87.9 Å². The molecule has 3 aromatic rings. The normalized spacial score (nSPS) is 19.5. The van der Waals surface area contributed by atoms with Crippen LogP contribution in [0.3, 0.4) is 0 Å². The van der Waals surface area contributed by atoms with Gasteiger partial charge in [0.25, 0.3) is 5.91 Å². The van der Waals surface area contributed by atoms with Crippen molar-refractivity contribution in [1.29, 1.82) is 0 Å². The third kappa shape index (κ3) is 9.18. The predicted octanol–water partition coefficient (Wildman–Crippen LogP) is 7.41. The van der Waals surface area contributed by atoms with Crippen molar-refractivity contribution >= 4 is 28.6 Å². The molecule has 1 aliphatic heterocycles. The number of carbonyl (C=O) groups excluding carboxylic acids is 2. The summed E-state index contributed by atoms with van der Waals surface area (Å²) in [5, 5.41) is 8.25. The summed E-state index contributed by atoms with van der Waals surface area (Å²) >= 11 is 0. The molecule has 0 radical (unpaired) electrons. The molecule has 0 unspecified atom stereocenters. The van der Waals surface area contributed by atoms with Gasteiger partial charge in [-0.1, -0.05) is 6.07 Å². The van der Waals surface area contributed by atoms with Crippen LogP contribution >= 0.6 is 0 Å². The average Bonchev–Trinajstić information content (AvgIpc) is 3.45. The smallest absolute Gasteiger partial charge is 0.433 e. The highest BCUT2D eigenvalue weighted by atomic mass is 19.4. The number of nitrogens with one attached hydrogen (secondary N) is 1. The lowest BCUT2D eigenvalue weighted by molar-refractivity contribution is -0.141. The lowest BCUT2D eigenvalue weighted by Crippen LogP contribution is -2.42. The Morgan fingerprint density at radius 3 is 2.38 bits per heavy atom. The maximum atomic E-state index is 13.1. The molecule has 10 nitrogen and oxygen atoms in total. The van der Waals surface area contributed by atoms with E-state index in [4.69, 9.17) is 14.6 Å². The maximum absolute atomic E-state index is 13.1. The number of rotatable bonds is 9. The Balaban J connectivity index is 1.10. The van der Waals surface area contributed by atoms with Crippen LogP contribution in [0.5, 0.6) is 5.75 Å². The van der Waals surface area contributed by atoms with Gasteiger partial charge < -0.3 is 24.6 Å². The molecule has 2 fully saturated rings. The van der Waals surface area contributed by atoms with E-state index < -0.39 is 23.4 Å². The van der Waals surface area contributed by atoms with Crippen molar-refractivity contribution in [3.8, 4) is 5.75 Å². The van der Waals surface area contributed by atoms with Gasteiger partial charge in [-0.15, -0.1) is 0 Å². The topological polar surface area (TPSA) is 102 Å². The molecule has 0 atom stereocenters. The van der Waals surface area contributed by atoms with E-state index >= 15 is 0 Å². The van der Waals surface area contributed by atoms with Crippen molar-refractivity contribution in [2.24, 2.45) is 11.8 Å². The quantitative estimate of drug-likeness (QED) is 0.253. The Kier molecular flexibility index (Phi) is 10.9. The van der Waals surface area contributed by atoms with Crippen molar-refractivity contribution in [1.82, 2.24) is 24.6 Å². The van der Waals surface area contributed by atoms with Gasteiger partial charge in [0, 0.05) is 37.3 Å². The number of likely N-dealkylation sites (tertiary alicyclic amines) is 1. The lowest BCUT2D eigenvalue weighted by Gasteiger charge is -2.35. The molecule has 2 aromatic heterocycles. The number of alkyl halides is 3. The van der Waals surface area contributed by atoms with Crippen molar-refractivity contribution in [2.75, 3.05) is 45.7 Å². The minimum atomic E-state index is -4.65. The number of carbonyl (C=O) groups is 2. The molecule has 1 saturated heterocycles. The first kappa shape index (κ1) is 35.4. The summed E-state index contributed by atoms with van der Waals surface area (Å²) in [6, 6.07) is 6.93. The minimum absolute atomic E-state index is 0.208. The molecule has 13 heteroatoms. The number of benzene rings is 1. The number of anilines is 1. The highest BCUT2D eigenvalue weighted by molar-refractivity contribution is 6.05. The van der Waals surface area contributed by atoms with Gasteiger partial charge >= 0.3 is 12.3 Å². The van der Waals surface area contributed by atoms with E-state index in [1.54, 1.807) is 12.1 Å². The number of hydrogen-bond acceptors (Lipinski definition) is 7. The summed E-state index contributed by atoms with van der Waals surface area (Å²) in [5.74, 6) is 0.837. The summed E-state index contributed by atoms with van der Waals surface area (Å²) in [7, 11) is 3.67. The van der Waals surface area contributed by atoms with Gasteiger partial charge in [-0.05, 0) is 109 Å². The molecule has 1 N–H and O–H groups in total. The lowest BCUT2D eigenvalue weighted by atomic mass is 9.85. The number of nitrogens with zero attached hydrogens (tertiary/aromatic N) is 5. The van der Waals surface area contributed by atoms with Crippen LogP contribution in [-0.4, -0.2) is 82.5 Å². The maximum Gasteiger partial charge on any atom is 0.433 e. The van der Waals surface area contributed by atoms with Crippen LogP contribution < -0.4 is 10.1 Å². The van der Waals surface area contributed by atoms with Crippen LogP contribution in [0.15, 0.2) is 36.5 Å². The van der Waals surface area contributed by atoms with Crippen LogP contribution in [0.4, 0.5) is 23.7 Å². The third-order valence-electron chi connectivity index (χ3n) is 9.31. The number of pyridine rings is 1. The van der Waals surface area contributed by atoms with Crippen LogP contribution in [0, 0.1) is 11.8 Å². The van der Waals surface area contributed by atoms with Gasteiger partial charge in [-0.3, -0.25) is 9.48 Å². The largest absolute Gasteiger partial charge is 0.494 e. The monoisotopic (exact) mass is 672 g/mol. The van der Waals surface area contributed by atoms with Crippen LogP contribution in [0.2, 0.25) is 0 Å². The van der Waals surface area contributed by atoms with Crippen molar-refractivity contribution in [3.63, 3.8) is 0 Å². The van der Waals surface area contributed by atoms with E-state index in [1.807, 2.05) is 36.5 Å². The van der Waals surface area contributed by atoms with Crippen molar-refractivity contribution in [3.05, 3.63) is 47.9 Å². The summed E-state index contributed by atoms with van der Waals surface area (Å²) in [4.78, 5) is 32.9. The standard InChI is InChI=1S/C35H47F3N6O4/c1-34(2,3)48-33(46)43-17-14-23(15-18-43)13-16-42(4)21-24-9-11-26(12-10-24)44-22-25-19-29(30(47-5)20-28(25)41-44)40-32(45)27-7-6-8-31(39-27)35(36,37)38/h6-8,19-20,22-24,26H,9-18,21H2,1-5H3,(H,40,45)/t24-,26-. The highest BCUT2D eigenvalue weighted by Crippen LogP contribution is 2.36. The Morgan fingerprint density at radius 1 is 1.02 bits per heavy atom. The highest BCUT2D eigenvalue weighted by Gasteiger charge is 2.33. The first-order chi connectivity index (χ1) is 22.7. The molecular weight excluding hydrogens is 625 g/mol. The summed E-state index contributed by atoms with van der Waals surface area (Å²) in [6.07, 6.45) is 4.50. The van der Waals surface area contributed by atoms with Gasteiger partial charge in [-0.25, -0.2) is 9.78 Å². The van der Waals surface area contributed by atoms with Crippen LogP contribution in [0.25, 0.3) is 10.9 Å². The van der Waals surface area contributed by atoms with Crippen molar-refractivity contribution in [2.45, 2.75) is 83.5 Å². The molecule has 48 heavy (non-hydrogen) atoms. The molecule has 2 aliphatic rings. The second-order valence-corrected chi connectivity index (χ2v) is 14.2. The van der Waals surface area contributed by atoms with E-state index in [-0.39, 0.29) is 17.8 Å². The second kappa shape index (κ2) is 14.7. The van der Waals surface area contributed by atoms with E-state index in [1.165, 1.54) is 13.2 Å². The molecule has 1 aromatic carbocycles. The minimum Gasteiger partial charge on any atom is -0.494 e. The fraction of sp³-hybridized carbons (Fsp3) is 0.600. The zero-order valence-corrected chi connectivity index (χ0v) is 28.5. The molecule has 5 rings (SSSR count). The molecule has 1 aliphatic carbocycles. The van der Waals surface area contributed by atoms with Gasteiger partial charge in [0.1, 0.15) is 22.7 Å². The zero-order chi connectivity index (χ0) is 34.6. The molecule has 0 spiro atoms. The number of methoxy groups -OCH3 is 1. The van der Waals surface area contributed by atoms with E-state index in [9.17, 15) is 22.8 Å². The number of aromatic nitrogens is 3. The zero-order valence-electron chi connectivity index (χ0n) is 28.5. The average molecular weight is 673 g/mol. The van der Waals surface area contributed by atoms with E-state index in [0.717, 1.165) is 88.6 Å². The third-order valence-corrected chi connectivity index (χ3v) is 9.31. The summed E-state index contributed by atoms with van der Waals surface area (Å²) < 4.78 is 52.3. The number of amides is 2. The second-order valence-electron chi connectivity index (χ2n) is 14.2. The first-order valence-corrected chi connectivity index (χ1v) is 16.8. The Hall–Kier alpha value is -3.87. The van der Waals surface area contributed by atoms with Crippen LogP contribution in [-0.2, 0) is 10.9 Å². The summed E-state index contributed by atoms with van der Waals surface area (Å²) in [5.41, 5.74) is -0.905. The number of hydrogen-bond donors (Lipinski definition) is 1. The van der Waals surface area contributed by atoms with Gasteiger partial charge in [0.15, 0.2) is 0 Å². The Bertz CT molecular complexity index is 1570. The number of ether oxygens (including phenoxy) is 2. The van der Waals surface area contributed by atoms with Gasteiger partial charge in [0.2, 0.25) is 0 Å². The van der Waals surface area contributed by atoms with Gasteiger partial charge in [0.05, 0.1) is 24.4 Å². The number of fused-ring (bicyclic) bond motifs is 1. The van der Waals surface area contributed by atoms with E-state index in [0.29, 0.717) is 28.8 Å². The number of halogens is 3. The first-order valence-electron chi connectivity index (χ1n) is 16.8. The fourth-order valence-corrected chi connectivity index (χ4v) is 6.69. The molecule has 2 amide bonds. The molecule has 3 heterocycles. The molecular formula is C35H47F3N6O4. The molecule has 1 saturated carbocycles. The molecule has 0 bridgehead atoms. The Labute approximate surface area is 279 Å². The molecule has 262 valence electrons. The number of piperidine rings is 1. The van der Waals surface area contributed by atoms with Gasteiger partial charge in [-0.2, -0.15) is 18.3 Å². The fourth-order valence-electron chi connectivity index (χ4n) is 6.69. The SMILES string of the molecule is COc1cc2nn([C@H]3CC[C@H](CN(C)CCC4CCN(C(=O)OC(C)(C)C)CC4)CC3)cc2cc1NC(=O)c1cccc(C(F)(F)F)n1. The van der Waals surface area contributed by atoms with E-state index in [2.05, 4.69) is 22.2 Å². The Morgan fingerprint density at radius 2 is 1.73 bits per heavy atom.